The maximum Gasteiger partial charge on any atom is 0.338 e. The molecule has 19 heavy (non-hydrogen) atoms. The van der Waals surface area contributed by atoms with Crippen molar-refractivity contribution in [2.24, 2.45) is 5.92 Å². The number of fused-ring (bicyclic) bond motifs is 3. The highest BCUT2D eigenvalue weighted by Crippen LogP contribution is 2.30. The van der Waals surface area contributed by atoms with Gasteiger partial charge >= 0.3 is 5.97 Å². The third-order valence-electron chi connectivity index (χ3n) is 3.91. The molecule has 0 aromatic heterocycles. The summed E-state index contributed by atoms with van der Waals surface area (Å²) in [6.45, 7) is 3.04. The zero-order chi connectivity index (χ0) is 12.5. The van der Waals surface area contributed by atoms with Gasteiger partial charge in [0.05, 0.1) is 5.56 Å². The van der Waals surface area contributed by atoms with Gasteiger partial charge in [-0.3, -0.25) is 4.90 Å². The topological polar surface area (TPSA) is 29.5 Å². The molecule has 3 nitrogen and oxygen atoms in total. The minimum Gasteiger partial charge on any atom is -0.457 e. The average molecular weight is 286 g/mol. The van der Waals surface area contributed by atoms with Gasteiger partial charge < -0.3 is 4.74 Å². The van der Waals surface area contributed by atoms with Crippen LogP contribution in [0.2, 0.25) is 0 Å². The van der Waals surface area contributed by atoms with Gasteiger partial charge in [0.2, 0.25) is 0 Å². The van der Waals surface area contributed by atoms with Gasteiger partial charge in [0.1, 0.15) is 11.9 Å². The van der Waals surface area contributed by atoms with Crippen LogP contribution < -0.4 is 0 Å². The second-order valence-electron chi connectivity index (χ2n) is 5.09. The Labute approximate surface area is 118 Å². The lowest BCUT2D eigenvalue weighted by Gasteiger charge is -2.43. The highest BCUT2D eigenvalue weighted by Gasteiger charge is 2.36. The van der Waals surface area contributed by atoms with Crippen molar-refractivity contribution in [2.75, 3.05) is 19.6 Å². The number of carbonyl (C=O) groups excluding carboxylic acids is 1. The molecule has 3 heterocycles. The molecule has 0 amide bonds. The molecule has 0 saturated carbocycles. The standard InChI is InChI=1S/C14H16FNO2.ClH/c15-12-3-1-2-11(8-12)14(17)18-13-9-16-6-4-10(13)5-7-16;/h1-3,8,10,13H,4-7,9H2;1H. The van der Waals surface area contributed by atoms with Crippen molar-refractivity contribution in [1.29, 1.82) is 0 Å². The van der Waals surface area contributed by atoms with Gasteiger partial charge in [0.15, 0.2) is 0 Å². The first-order chi connectivity index (χ1) is 8.72. The van der Waals surface area contributed by atoms with Crippen molar-refractivity contribution in [3.8, 4) is 0 Å². The molecule has 0 N–H and O–H groups in total. The number of hydrogen-bond acceptors (Lipinski definition) is 3. The van der Waals surface area contributed by atoms with E-state index in [2.05, 4.69) is 4.90 Å². The van der Waals surface area contributed by atoms with Crippen LogP contribution in [0.1, 0.15) is 23.2 Å². The largest absolute Gasteiger partial charge is 0.457 e. The second kappa shape index (κ2) is 5.88. The van der Waals surface area contributed by atoms with E-state index in [-0.39, 0.29) is 18.5 Å². The summed E-state index contributed by atoms with van der Waals surface area (Å²) in [7, 11) is 0. The fourth-order valence-electron chi connectivity index (χ4n) is 2.87. The van der Waals surface area contributed by atoms with Crippen LogP contribution in [0, 0.1) is 11.7 Å². The summed E-state index contributed by atoms with van der Waals surface area (Å²) in [5, 5.41) is 0. The molecular weight excluding hydrogens is 269 g/mol. The molecule has 1 atom stereocenters. The molecule has 2 bridgehead atoms. The average Bonchev–Trinajstić information content (AvgIpc) is 2.40. The van der Waals surface area contributed by atoms with Gasteiger partial charge in [-0.05, 0) is 50.0 Å². The summed E-state index contributed by atoms with van der Waals surface area (Å²) in [5.41, 5.74) is 0.298. The first kappa shape index (κ1) is 14.3. The van der Waals surface area contributed by atoms with E-state index in [0.29, 0.717) is 11.5 Å². The molecule has 3 aliphatic heterocycles. The van der Waals surface area contributed by atoms with Crippen molar-refractivity contribution in [1.82, 2.24) is 4.90 Å². The van der Waals surface area contributed by atoms with Gasteiger partial charge in [0, 0.05) is 6.54 Å². The van der Waals surface area contributed by atoms with Crippen molar-refractivity contribution in [2.45, 2.75) is 18.9 Å². The lowest BCUT2D eigenvalue weighted by molar-refractivity contribution is -0.0456. The van der Waals surface area contributed by atoms with Gasteiger partial charge in [-0.2, -0.15) is 0 Å². The number of piperidine rings is 3. The fourth-order valence-corrected chi connectivity index (χ4v) is 2.87. The van der Waals surface area contributed by atoms with Crippen molar-refractivity contribution >= 4 is 18.4 Å². The molecule has 1 aromatic rings. The Morgan fingerprint density at radius 1 is 1.32 bits per heavy atom. The Morgan fingerprint density at radius 2 is 2.05 bits per heavy atom. The summed E-state index contributed by atoms with van der Waals surface area (Å²) >= 11 is 0. The Kier molecular flexibility index (Phi) is 4.42. The number of ether oxygens (including phenoxy) is 1. The van der Waals surface area contributed by atoms with Crippen molar-refractivity contribution in [3.63, 3.8) is 0 Å². The molecule has 4 rings (SSSR count). The highest BCUT2D eigenvalue weighted by molar-refractivity contribution is 5.89. The van der Waals surface area contributed by atoms with Crippen LogP contribution >= 0.6 is 12.4 Å². The predicted octanol–water partition coefficient (Wildman–Crippen LogP) is 2.50. The van der Waals surface area contributed by atoms with Crippen molar-refractivity contribution < 1.29 is 13.9 Å². The Balaban J connectivity index is 0.00000133. The summed E-state index contributed by atoms with van der Waals surface area (Å²) < 4.78 is 18.6. The minimum atomic E-state index is -0.409. The third kappa shape index (κ3) is 3.07. The lowest BCUT2D eigenvalue weighted by Crippen LogP contribution is -2.51. The smallest absolute Gasteiger partial charge is 0.338 e. The summed E-state index contributed by atoms with van der Waals surface area (Å²) in [6.07, 6.45) is 2.17. The molecule has 3 saturated heterocycles. The molecule has 0 aliphatic carbocycles. The number of rotatable bonds is 2. The molecule has 3 fully saturated rings. The fraction of sp³-hybridized carbons (Fsp3) is 0.500. The highest BCUT2D eigenvalue weighted by atomic mass is 35.5. The van der Waals surface area contributed by atoms with Crippen LogP contribution in [0.4, 0.5) is 4.39 Å². The van der Waals surface area contributed by atoms with Crippen LogP contribution in [0.5, 0.6) is 0 Å². The Hall–Kier alpha value is -1.13. The van der Waals surface area contributed by atoms with Crippen LogP contribution in [0.3, 0.4) is 0 Å². The second-order valence-corrected chi connectivity index (χ2v) is 5.09. The Morgan fingerprint density at radius 3 is 2.63 bits per heavy atom. The molecule has 0 spiro atoms. The Bertz CT molecular complexity index is 461. The van der Waals surface area contributed by atoms with E-state index < -0.39 is 11.8 Å². The van der Waals surface area contributed by atoms with Gasteiger partial charge in [-0.15, -0.1) is 12.4 Å². The summed E-state index contributed by atoms with van der Waals surface area (Å²) in [5.74, 6) is -0.334. The monoisotopic (exact) mass is 285 g/mol. The maximum absolute atomic E-state index is 13.0. The van der Waals surface area contributed by atoms with E-state index in [1.165, 1.54) is 18.2 Å². The zero-order valence-electron chi connectivity index (χ0n) is 10.5. The zero-order valence-corrected chi connectivity index (χ0v) is 11.4. The number of benzene rings is 1. The number of nitrogens with zero attached hydrogens (tertiary/aromatic N) is 1. The number of esters is 1. The molecule has 1 aromatic carbocycles. The molecular formula is C14H17ClFNO2. The van der Waals surface area contributed by atoms with E-state index in [1.54, 1.807) is 6.07 Å². The molecule has 5 heteroatoms. The van der Waals surface area contributed by atoms with Crippen LogP contribution in [-0.2, 0) is 4.74 Å². The molecule has 0 radical (unpaired) electrons. The molecule has 104 valence electrons. The SMILES string of the molecule is Cl.O=C(OC1CN2CCC1CC2)c1cccc(F)c1. The van der Waals surface area contributed by atoms with Gasteiger partial charge in [-0.1, -0.05) is 6.07 Å². The van der Waals surface area contributed by atoms with Gasteiger partial charge in [-0.25, -0.2) is 9.18 Å². The number of halogens is 2. The molecule has 3 aliphatic rings. The van der Waals surface area contributed by atoms with E-state index in [0.717, 1.165) is 32.5 Å². The van der Waals surface area contributed by atoms with Gasteiger partial charge in [0.25, 0.3) is 0 Å². The normalized spacial score (nSPS) is 28.6. The first-order valence-corrected chi connectivity index (χ1v) is 6.41. The first-order valence-electron chi connectivity index (χ1n) is 6.41. The summed E-state index contributed by atoms with van der Waals surface area (Å²) in [6, 6.07) is 5.67. The maximum atomic E-state index is 13.0. The van der Waals surface area contributed by atoms with E-state index in [1.807, 2.05) is 0 Å². The van der Waals surface area contributed by atoms with Crippen LogP contribution in [0.25, 0.3) is 0 Å². The van der Waals surface area contributed by atoms with Crippen molar-refractivity contribution in [3.05, 3.63) is 35.6 Å². The molecule has 1 unspecified atom stereocenters. The predicted molar refractivity (Wildman–Crippen MR) is 72.0 cm³/mol. The quantitative estimate of drug-likeness (QED) is 0.782. The van der Waals surface area contributed by atoms with Crippen LogP contribution in [0.15, 0.2) is 24.3 Å². The number of hydrogen-bond donors (Lipinski definition) is 0. The third-order valence-corrected chi connectivity index (χ3v) is 3.91. The van der Waals surface area contributed by atoms with Crippen LogP contribution in [-0.4, -0.2) is 36.6 Å². The summed E-state index contributed by atoms with van der Waals surface area (Å²) in [4.78, 5) is 14.3. The minimum absolute atomic E-state index is 0. The lowest BCUT2D eigenvalue weighted by atomic mass is 9.86. The van der Waals surface area contributed by atoms with E-state index in [9.17, 15) is 9.18 Å². The van der Waals surface area contributed by atoms with E-state index >= 15 is 0 Å². The number of carbonyl (C=O) groups is 1. The van der Waals surface area contributed by atoms with E-state index in [4.69, 9.17) is 4.74 Å².